The molecule has 1 saturated heterocycles. The molecule has 4 N–H and O–H groups in total. The van der Waals surface area contributed by atoms with Crippen molar-refractivity contribution in [3.8, 4) is 0 Å². The summed E-state index contributed by atoms with van der Waals surface area (Å²) in [5, 5.41) is 5.59. The fourth-order valence-electron chi connectivity index (χ4n) is 3.74. The largest absolute Gasteiger partial charge is 0.372 e. The molecule has 2 aromatic rings. The van der Waals surface area contributed by atoms with Crippen molar-refractivity contribution in [2.45, 2.75) is 39.0 Å². The Morgan fingerprint density at radius 2 is 1.66 bits per heavy atom. The number of ether oxygens (including phenoxy) is 1. The molecule has 0 spiro atoms. The third kappa shape index (κ3) is 6.55. The Kier molecular flexibility index (Phi) is 7.83. The van der Waals surface area contributed by atoms with Crippen molar-refractivity contribution in [3.63, 3.8) is 0 Å². The Morgan fingerprint density at radius 1 is 0.969 bits per heavy atom. The minimum atomic E-state index is -0.473. The first kappa shape index (κ1) is 23.3. The molecule has 0 bridgehead atoms. The quantitative estimate of drug-likeness (QED) is 0.614. The topological polar surface area (TPSA) is 114 Å². The number of amides is 4. The number of morpholine rings is 1. The SMILES string of the molecule is CC1CN(C(=O)c2ccc(CNC(=O)NCCc3cccc(C(N)=O)c3)cc2)CC(C)O1. The van der Waals surface area contributed by atoms with Crippen LogP contribution in [0.5, 0.6) is 0 Å². The lowest BCUT2D eigenvalue weighted by atomic mass is 10.1. The van der Waals surface area contributed by atoms with Gasteiger partial charge in [-0.2, -0.15) is 0 Å². The lowest BCUT2D eigenvalue weighted by Gasteiger charge is -2.35. The van der Waals surface area contributed by atoms with E-state index in [9.17, 15) is 14.4 Å². The summed E-state index contributed by atoms with van der Waals surface area (Å²) in [6.45, 7) is 5.88. The van der Waals surface area contributed by atoms with Gasteiger partial charge in [-0.3, -0.25) is 9.59 Å². The normalized spacial score (nSPS) is 18.1. The summed E-state index contributed by atoms with van der Waals surface area (Å²) in [7, 11) is 0. The van der Waals surface area contributed by atoms with Gasteiger partial charge < -0.3 is 26.0 Å². The number of nitrogens with one attached hydrogen (secondary N) is 2. The molecule has 0 saturated carbocycles. The van der Waals surface area contributed by atoms with Crippen molar-refractivity contribution < 1.29 is 19.1 Å². The van der Waals surface area contributed by atoms with Crippen LogP contribution in [0, 0.1) is 0 Å². The van der Waals surface area contributed by atoms with Crippen LogP contribution >= 0.6 is 0 Å². The van der Waals surface area contributed by atoms with E-state index in [1.807, 2.05) is 36.9 Å². The molecule has 0 radical (unpaired) electrons. The summed E-state index contributed by atoms with van der Waals surface area (Å²) in [4.78, 5) is 37.8. The Morgan fingerprint density at radius 3 is 2.31 bits per heavy atom. The zero-order chi connectivity index (χ0) is 23.1. The molecule has 3 rings (SSSR count). The van der Waals surface area contributed by atoms with Crippen LogP contribution in [0.15, 0.2) is 48.5 Å². The molecule has 0 aromatic heterocycles. The zero-order valence-electron chi connectivity index (χ0n) is 18.5. The summed E-state index contributed by atoms with van der Waals surface area (Å²) in [5.74, 6) is -0.482. The maximum absolute atomic E-state index is 12.7. The third-order valence-corrected chi connectivity index (χ3v) is 5.27. The molecule has 2 unspecified atom stereocenters. The Labute approximate surface area is 188 Å². The van der Waals surface area contributed by atoms with Crippen LogP contribution in [0.2, 0.25) is 0 Å². The second-order valence-electron chi connectivity index (χ2n) is 8.09. The summed E-state index contributed by atoms with van der Waals surface area (Å²) < 4.78 is 5.68. The van der Waals surface area contributed by atoms with Crippen molar-refractivity contribution in [2.75, 3.05) is 19.6 Å². The number of carbonyl (C=O) groups is 3. The highest BCUT2D eigenvalue weighted by Crippen LogP contribution is 2.15. The van der Waals surface area contributed by atoms with Crippen LogP contribution in [0.4, 0.5) is 4.79 Å². The van der Waals surface area contributed by atoms with E-state index in [0.29, 0.717) is 43.7 Å². The molecule has 8 nitrogen and oxygen atoms in total. The highest BCUT2D eigenvalue weighted by molar-refractivity contribution is 5.94. The van der Waals surface area contributed by atoms with Gasteiger partial charge in [0.2, 0.25) is 5.91 Å². The molecule has 4 amide bonds. The van der Waals surface area contributed by atoms with E-state index in [-0.39, 0.29) is 24.1 Å². The monoisotopic (exact) mass is 438 g/mol. The minimum absolute atomic E-state index is 0.00958. The Hall–Kier alpha value is -3.39. The maximum Gasteiger partial charge on any atom is 0.315 e. The molecular weight excluding hydrogens is 408 g/mol. The van der Waals surface area contributed by atoms with Crippen molar-refractivity contribution >= 4 is 17.8 Å². The fraction of sp³-hybridized carbons (Fsp3) is 0.375. The number of hydrogen-bond acceptors (Lipinski definition) is 4. The number of nitrogens with two attached hydrogens (primary N) is 1. The fourth-order valence-corrected chi connectivity index (χ4v) is 3.74. The number of rotatable bonds is 7. The molecule has 32 heavy (non-hydrogen) atoms. The minimum Gasteiger partial charge on any atom is -0.372 e. The third-order valence-electron chi connectivity index (χ3n) is 5.27. The van der Waals surface area contributed by atoms with Gasteiger partial charge in [-0.15, -0.1) is 0 Å². The second kappa shape index (κ2) is 10.8. The molecule has 1 aliphatic rings. The number of primary amides is 1. The Balaban J connectivity index is 1.42. The maximum atomic E-state index is 12.7. The molecule has 170 valence electrons. The highest BCUT2D eigenvalue weighted by atomic mass is 16.5. The van der Waals surface area contributed by atoms with E-state index < -0.39 is 5.91 Å². The van der Waals surface area contributed by atoms with Crippen LogP contribution in [0.1, 0.15) is 45.7 Å². The molecule has 2 aromatic carbocycles. The van der Waals surface area contributed by atoms with Crippen LogP contribution in [0.3, 0.4) is 0 Å². The Bertz CT molecular complexity index is 951. The first-order valence-corrected chi connectivity index (χ1v) is 10.8. The molecule has 2 atom stereocenters. The van der Waals surface area contributed by atoms with Crippen LogP contribution < -0.4 is 16.4 Å². The predicted molar refractivity (Wildman–Crippen MR) is 121 cm³/mol. The number of carbonyl (C=O) groups excluding carboxylic acids is 3. The molecule has 8 heteroatoms. The van der Waals surface area contributed by atoms with Crippen molar-refractivity contribution in [1.29, 1.82) is 0 Å². The predicted octanol–water partition coefficient (Wildman–Crippen LogP) is 2.08. The van der Waals surface area contributed by atoms with Gasteiger partial charge in [-0.05, 0) is 55.7 Å². The van der Waals surface area contributed by atoms with E-state index in [0.717, 1.165) is 11.1 Å². The van der Waals surface area contributed by atoms with Gasteiger partial charge in [0, 0.05) is 37.3 Å². The summed E-state index contributed by atoms with van der Waals surface area (Å²) in [6, 6.07) is 14.0. The smallest absolute Gasteiger partial charge is 0.315 e. The molecule has 1 aliphatic heterocycles. The van der Waals surface area contributed by atoms with Crippen molar-refractivity contribution in [2.24, 2.45) is 5.73 Å². The first-order chi connectivity index (χ1) is 15.3. The average Bonchev–Trinajstić information content (AvgIpc) is 2.77. The highest BCUT2D eigenvalue weighted by Gasteiger charge is 2.26. The van der Waals surface area contributed by atoms with Gasteiger partial charge in [0.15, 0.2) is 0 Å². The van der Waals surface area contributed by atoms with Gasteiger partial charge in [-0.1, -0.05) is 24.3 Å². The number of benzene rings is 2. The van der Waals surface area contributed by atoms with Gasteiger partial charge in [0.1, 0.15) is 0 Å². The second-order valence-corrected chi connectivity index (χ2v) is 8.09. The zero-order valence-corrected chi connectivity index (χ0v) is 18.5. The molecule has 1 heterocycles. The number of hydrogen-bond donors (Lipinski definition) is 3. The van der Waals surface area contributed by atoms with E-state index in [1.54, 1.807) is 30.3 Å². The van der Waals surface area contributed by atoms with Gasteiger partial charge in [0.25, 0.3) is 5.91 Å². The lowest BCUT2D eigenvalue weighted by molar-refractivity contribution is -0.0586. The standard InChI is InChI=1S/C24H30N4O4/c1-16-14-28(15-17(2)32-16)23(30)20-8-6-19(7-9-20)13-27-24(31)26-11-10-18-4-3-5-21(12-18)22(25)29/h3-9,12,16-17H,10-11,13-15H2,1-2H3,(H2,25,29)(H2,26,27,31). The van der Waals surface area contributed by atoms with Crippen molar-refractivity contribution in [3.05, 3.63) is 70.8 Å². The van der Waals surface area contributed by atoms with Crippen LogP contribution in [-0.2, 0) is 17.7 Å². The summed E-state index contributed by atoms with van der Waals surface area (Å²) in [6.07, 6.45) is 0.637. The van der Waals surface area contributed by atoms with Gasteiger partial charge in [0.05, 0.1) is 12.2 Å². The number of urea groups is 1. The molecular formula is C24H30N4O4. The van der Waals surface area contributed by atoms with Crippen LogP contribution in [-0.4, -0.2) is 54.6 Å². The molecule has 0 aliphatic carbocycles. The average molecular weight is 439 g/mol. The van der Waals surface area contributed by atoms with E-state index in [4.69, 9.17) is 10.5 Å². The number of nitrogens with zero attached hydrogens (tertiary/aromatic N) is 1. The van der Waals surface area contributed by atoms with Gasteiger partial charge >= 0.3 is 6.03 Å². The first-order valence-electron chi connectivity index (χ1n) is 10.8. The van der Waals surface area contributed by atoms with E-state index in [2.05, 4.69) is 10.6 Å². The summed E-state index contributed by atoms with van der Waals surface area (Å²) >= 11 is 0. The lowest BCUT2D eigenvalue weighted by Crippen LogP contribution is -2.48. The van der Waals surface area contributed by atoms with Gasteiger partial charge in [-0.25, -0.2) is 4.79 Å². The van der Waals surface area contributed by atoms with E-state index in [1.165, 1.54) is 0 Å². The van der Waals surface area contributed by atoms with Crippen LogP contribution in [0.25, 0.3) is 0 Å². The van der Waals surface area contributed by atoms with Crippen molar-refractivity contribution in [1.82, 2.24) is 15.5 Å². The summed E-state index contributed by atoms with van der Waals surface area (Å²) in [5.41, 5.74) is 8.18. The van der Waals surface area contributed by atoms with E-state index >= 15 is 0 Å². The molecule has 1 fully saturated rings.